The Kier molecular flexibility index (Phi) is 4.66. The maximum absolute atomic E-state index is 5.54. The molecule has 0 bridgehead atoms. The number of hydrazine groups is 1. The molecule has 1 fully saturated rings. The van der Waals surface area contributed by atoms with Gasteiger partial charge in [-0.2, -0.15) is 11.8 Å². The molecule has 0 amide bonds. The SMILES string of the molecule is CCCc1c(NN)ncnc1N1CCSC(C)C1. The van der Waals surface area contributed by atoms with E-state index in [2.05, 4.69) is 34.1 Å². The van der Waals surface area contributed by atoms with Crippen LogP contribution in [0.2, 0.25) is 0 Å². The highest BCUT2D eigenvalue weighted by Gasteiger charge is 2.21. The minimum Gasteiger partial charge on any atom is -0.354 e. The first-order valence-electron chi connectivity index (χ1n) is 6.43. The molecule has 18 heavy (non-hydrogen) atoms. The Bertz CT molecular complexity index is 398. The second-order valence-electron chi connectivity index (χ2n) is 4.55. The number of nitrogens with one attached hydrogen (secondary N) is 1. The van der Waals surface area contributed by atoms with Gasteiger partial charge in [-0.05, 0) is 6.42 Å². The Hall–Kier alpha value is -1.01. The summed E-state index contributed by atoms with van der Waals surface area (Å²) < 4.78 is 0. The van der Waals surface area contributed by atoms with Gasteiger partial charge in [0.15, 0.2) is 0 Å². The highest BCUT2D eigenvalue weighted by atomic mass is 32.2. The van der Waals surface area contributed by atoms with E-state index in [1.807, 2.05) is 11.8 Å². The van der Waals surface area contributed by atoms with Crippen LogP contribution in [0.5, 0.6) is 0 Å². The first-order chi connectivity index (χ1) is 8.76. The van der Waals surface area contributed by atoms with Gasteiger partial charge in [0.2, 0.25) is 0 Å². The fourth-order valence-electron chi connectivity index (χ4n) is 2.29. The summed E-state index contributed by atoms with van der Waals surface area (Å²) in [5, 5.41) is 0.650. The lowest BCUT2D eigenvalue weighted by Crippen LogP contribution is -2.38. The van der Waals surface area contributed by atoms with Crippen molar-refractivity contribution in [3.63, 3.8) is 0 Å². The highest BCUT2D eigenvalue weighted by Crippen LogP contribution is 2.28. The molecule has 1 aromatic rings. The zero-order valence-corrected chi connectivity index (χ0v) is 11.8. The molecule has 0 radical (unpaired) electrons. The van der Waals surface area contributed by atoms with Gasteiger partial charge in [0.1, 0.15) is 18.0 Å². The summed E-state index contributed by atoms with van der Waals surface area (Å²) in [6.07, 6.45) is 3.61. The van der Waals surface area contributed by atoms with Gasteiger partial charge in [-0.1, -0.05) is 20.3 Å². The average molecular weight is 267 g/mol. The quantitative estimate of drug-likeness (QED) is 0.639. The number of aromatic nitrogens is 2. The van der Waals surface area contributed by atoms with Gasteiger partial charge in [0, 0.05) is 29.7 Å². The number of nitrogens with zero attached hydrogens (tertiary/aromatic N) is 3. The van der Waals surface area contributed by atoms with Crippen molar-refractivity contribution in [2.45, 2.75) is 31.9 Å². The average Bonchev–Trinajstić information content (AvgIpc) is 2.39. The predicted octanol–water partition coefficient (Wildman–Crippen LogP) is 1.66. The number of hydrogen-bond donors (Lipinski definition) is 2. The van der Waals surface area contributed by atoms with Crippen LogP contribution in [-0.2, 0) is 6.42 Å². The minimum atomic E-state index is 0.650. The highest BCUT2D eigenvalue weighted by molar-refractivity contribution is 8.00. The Morgan fingerprint density at radius 1 is 1.56 bits per heavy atom. The van der Waals surface area contributed by atoms with Gasteiger partial charge in [-0.15, -0.1) is 0 Å². The normalized spacial score (nSPS) is 19.9. The van der Waals surface area contributed by atoms with E-state index in [1.165, 1.54) is 0 Å². The van der Waals surface area contributed by atoms with Gasteiger partial charge < -0.3 is 10.3 Å². The predicted molar refractivity (Wildman–Crippen MR) is 78.0 cm³/mol. The van der Waals surface area contributed by atoms with Crippen molar-refractivity contribution in [1.82, 2.24) is 9.97 Å². The molecule has 0 saturated carbocycles. The van der Waals surface area contributed by atoms with Crippen LogP contribution in [0.1, 0.15) is 25.8 Å². The summed E-state index contributed by atoms with van der Waals surface area (Å²) in [6.45, 7) is 6.51. The fraction of sp³-hybridized carbons (Fsp3) is 0.667. The number of nitrogen functional groups attached to an aromatic ring is 1. The number of nitrogens with two attached hydrogens (primary N) is 1. The van der Waals surface area contributed by atoms with Crippen molar-refractivity contribution in [3.05, 3.63) is 11.9 Å². The molecule has 6 heteroatoms. The fourth-order valence-corrected chi connectivity index (χ4v) is 3.30. The number of hydrogen-bond acceptors (Lipinski definition) is 6. The number of rotatable bonds is 4. The Morgan fingerprint density at radius 3 is 3.06 bits per heavy atom. The minimum absolute atomic E-state index is 0.650. The molecule has 1 aromatic heterocycles. The van der Waals surface area contributed by atoms with Gasteiger partial charge in [0.05, 0.1) is 0 Å². The van der Waals surface area contributed by atoms with Gasteiger partial charge in [-0.25, -0.2) is 15.8 Å². The topological polar surface area (TPSA) is 67.1 Å². The maximum Gasteiger partial charge on any atom is 0.148 e. The summed E-state index contributed by atoms with van der Waals surface area (Å²) in [6, 6.07) is 0. The maximum atomic E-state index is 5.54. The van der Waals surface area contributed by atoms with Crippen LogP contribution < -0.4 is 16.2 Å². The van der Waals surface area contributed by atoms with Crippen LogP contribution in [0.3, 0.4) is 0 Å². The molecular weight excluding hydrogens is 246 g/mol. The van der Waals surface area contributed by atoms with Crippen molar-refractivity contribution < 1.29 is 0 Å². The van der Waals surface area contributed by atoms with Gasteiger partial charge in [0.25, 0.3) is 0 Å². The molecule has 0 aliphatic carbocycles. The Labute approximate surface area is 113 Å². The molecule has 2 heterocycles. The third-order valence-corrected chi connectivity index (χ3v) is 4.24. The molecule has 100 valence electrons. The Balaban J connectivity index is 2.30. The van der Waals surface area contributed by atoms with E-state index in [4.69, 9.17) is 5.84 Å². The first kappa shape index (κ1) is 13.4. The van der Waals surface area contributed by atoms with Crippen LogP contribution >= 0.6 is 11.8 Å². The van der Waals surface area contributed by atoms with Crippen LogP contribution in [0, 0.1) is 0 Å². The van der Waals surface area contributed by atoms with E-state index in [1.54, 1.807) is 6.33 Å². The second kappa shape index (κ2) is 6.24. The summed E-state index contributed by atoms with van der Waals surface area (Å²) >= 11 is 2.02. The van der Waals surface area contributed by atoms with Crippen molar-refractivity contribution in [3.8, 4) is 0 Å². The van der Waals surface area contributed by atoms with E-state index in [0.29, 0.717) is 5.25 Å². The smallest absolute Gasteiger partial charge is 0.148 e. The van der Waals surface area contributed by atoms with Crippen molar-refractivity contribution in [2.24, 2.45) is 5.84 Å². The lowest BCUT2D eigenvalue weighted by atomic mass is 10.1. The third kappa shape index (κ3) is 2.87. The monoisotopic (exact) mass is 267 g/mol. The Morgan fingerprint density at radius 2 is 2.39 bits per heavy atom. The van der Waals surface area contributed by atoms with Gasteiger partial charge >= 0.3 is 0 Å². The molecule has 2 rings (SSSR count). The number of anilines is 2. The van der Waals surface area contributed by atoms with Crippen LogP contribution in [0.15, 0.2) is 6.33 Å². The van der Waals surface area contributed by atoms with E-state index >= 15 is 0 Å². The van der Waals surface area contributed by atoms with Crippen molar-refractivity contribution >= 4 is 23.4 Å². The first-order valence-corrected chi connectivity index (χ1v) is 7.48. The van der Waals surface area contributed by atoms with Crippen LogP contribution in [0.25, 0.3) is 0 Å². The largest absolute Gasteiger partial charge is 0.354 e. The molecule has 1 saturated heterocycles. The lowest BCUT2D eigenvalue weighted by molar-refractivity contribution is 0.755. The summed E-state index contributed by atoms with van der Waals surface area (Å²) in [5.41, 5.74) is 3.83. The summed E-state index contributed by atoms with van der Waals surface area (Å²) in [4.78, 5) is 11.0. The molecule has 1 unspecified atom stereocenters. The van der Waals surface area contributed by atoms with Gasteiger partial charge in [-0.3, -0.25) is 0 Å². The molecule has 1 atom stereocenters. The molecule has 5 nitrogen and oxygen atoms in total. The lowest BCUT2D eigenvalue weighted by Gasteiger charge is -2.33. The van der Waals surface area contributed by atoms with Crippen molar-refractivity contribution in [1.29, 1.82) is 0 Å². The van der Waals surface area contributed by atoms with Crippen LogP contribution in [-0.4, -0.2) is 34.1 Å². The van der Waals surface area contributed by atoms with Crippen molar-refractivity contribution in [2.75, 3.05) is 29.2 Å². The summed E-state index contributed by atoms with van der Waals surface area (Å²) in [7, 11) is 0. The molecular formula is C12H21N5S. The molecule has 1 aliphatic heterocycles. The van der Waals surface area contributed by atoms with E-state index < -0.39 is 0 Å². The number of thioether (sulfide) groups is 1. The third-order valence-electron chi connectivity index (χ3n) is 3.10. The van der Waals surface area contributed by atoms with Crippen LogP contribution in [0.4, 0.5) is 11.6 Å². The van der Waals surface area contributed by atoms with E-state index in [-0.39, 0.29) is 0 Å². The molecule has 1 aliphatic rings. The zero-order chi connectivity index (χ0) is 13.0. The second-order valence-corrected chi connectivity index (χ2v) is 6.09. The van der Waals surface area contributed by atoms with E-state index in [9.17, 15) is 0 Å². The summed E-state index contributed by atoms with van der Waals surface area (Å²) in [5.74, 6) is 8.50. The standard InChI is InChI=1S/C12H21N5S/c1-3-4-10-11(16-13)14-8-15-12(10)17-5-6-18-9(2)7-17/h8-9H,3-7,13H2,1-2H3,(H,14,15,16). The molecule has 0 spiro atoms. The molecule has 0 aromatic carbocycles. The molecule has 3 N–H and O–H groups in total. The van der Waals surface area contributed by atoms with E-state index in [0.717, 1.165) is 48.9 Å². The zero-order valence-electron chi connectivity index (χ0n) is 11.0.